The quantitative estimate of drug-likeness (QED) is 0.618. The first kappa shape index (κ1) is 20.0. The first-order valence-corrected chi connectivity index (χ1v) is 11.5. The van der Waals surface area contributed by atoms with Gasteiger partial charge in [-0.25, -0.2) is 8.42 Å². The van der Waals surface area contributed by atoms with E-state index in [1.807, 2.05) is 30.3 Å². The topological polar surface area (TPSA) is 91.1 Å². The van der Waals surface area contributed by atoms with Crippen LogP contribution in [-0.2, 0) is 14.8 Å². The van der Waals surface area contributed by atoms with Crippen molar-refractivity contribution in [3.8, 4) is 0 Å². The molecule has 0 saturated carbocycles. The second-order valence-corrected chi connectivity index (χ2v) is 9.88. The lowest BCUT2D eigenvalue weighted by Gasteiger charge is -2.26. The summed E-state index contributed by atoms with van der Waals surface area (Å²) in [5, 5.41) is 10.5. The zero-order chi connectivity index (χ0) is 21.6. The summed E-state index contributed by atoms with van der Waals surface area (Å²) in [4.78, 5) is 14.9. The fourth-order valence-corrected chi connectivity index (χ4v) is 5.82. The van der Waals surface area contributed by atoms with Gasteiger partial charge in [0.1, 0.15) is 5.58 Å². The summed E-state index contributed by atoms with van der Waals surface area (Å²) >= 11 is 0. The van der Waals surface area contributed by atoms with Gasteiger partial charge in [0, 0.05) is 31.6 Å². The molecule has 2 aliphatic rings. The van der Waals surface area contributed by atoms with E-state index < -0.39 is 15.9 Å². The maximum atomic E-state index is 13.1. The zero-order valence-corrected chi connectivity index (χ0v) is 17.6. The predicted molar refractivity (Wildman–Crippen MR) is 115 cm³/mol. The van der Waals surface area contributed by atoms with Crippen molar-refractivity contribution in [3.05, 3.63) is 77.6 Å². The van der Waals surface area contributed by atoms with E-state index in [9.17, 15) is 18.3 Å². The van der Waals surface area contributed by atoms with Gasteiger partial charge >= 0.3 is 0 Å². The highest BCUT2D eigenvalue weighted by Crippen LogP contribution is 2.32. The average Bonchev–Trinajstić information content (AvgIpc) is 3.49. The Hall–Kier alpha value is -2.94. The molecule has 0 radical (unpaired) electrons. The van der Waals surface area contributed by atoms with Gasteiger partial charge < -0.3 is 14.4 Å². The summed E-state index contributed by atoms with van der Waals surface area (Å²) in [6.07, 6.45) is 1.54. The average molecular weight is 439 g/mol. The maximum Gasteiger partial charge on any atom is 0.243 e. The molecule has 5 rings (SSSR count). The van der Waals surface area contributed by atoms with Gasteiger partial charge in [-0.3, -0.25) is 4.79 Å². The van der Waals surface area contributed by atoms with Crippen molar-refractivity contribution in [2.24, 2.45) is 0 Å². The zero-order valence-electron chi connectivity index (χ0n) is 16.8. The van der Waals surface area contributed by atoms with Crippen LogP contribution in [0.25, 0.3) is 11.0 Å². The molecular weight excluding hydrogens is 416 g/mol. The molecule has 0 spiro atoms. The van der Waals surface area contributed by atoms with Crippen LogP contribution >= 0.6 is 0 Å². The normalized spacial score (nSPS) is 18.0. The predicted octanol–water partition coefficient (Wildman–Crippen LogP) is 2.35. The molecule has 0 unspecified atom stereocenters. The number of hydrogen-bond donors (Lipinski definition) is 1. The highest BCUT2D eigenvalue weighted by molar-refractivity contribution is 7.89. The van der Waals surface area contributed by atoms with Crippen molar-refractivity contribution >= 4 is 26.9 Å². The summed E-state index contributed by atoms with van der Waals surface area (Å²) in [6.45, 7) is 1.08. The number of nitrogens with zero attached hydrogens (tertiary/aromatic N) is 2. The molecule has 0 aliphatic carbocycles. The van der Waals surface area contributed by atoms with Gasteiger partial charge in [-0.15, -0.1) is 0 Å². The molecule has 1 N–H and O–H groups in total. The molecule has 8 heteroatoms. The summed E-state index contributed by atoms with van der Waals surface area (Å²) in [5.41, 5.74) is 3.35. The standard InChI is InChI=1S/C23H22N2O5S/c26-15-21(16-4-2-1-3-5-16)23(27)24-11-18-13-25(14-19(18)12-24)31(28,29)20-6-7-22-17(10-20)8-9-30-22/h1-10,21,26H,11-15H2/t21-/m1/s1. The Kier molecular flexibility index (Phi) is 4.92. The van der Waals surface area contributed by atoms with Crippen LogP contribution < -0.4 is 0 Å². The lowest BCUT2D eigenvalue weighted by atomic mass is 9.98. The third-order valence-electron chi connectivity index (χ3n) is 6.05. The van der Waals surface area contributed by atoms with E-state index in [-0.39, 0.29) is 30.5 Å². The Morgan fingerprint density at radius 2 is 1.71 bits per heavy atom. The third-order valence-corrected chi connectivity index (χ3v) is 7.84. The van der Waals surface area contributed by atoms with Gasteiger partial charge in [-0.05, 0) is 41.0 Å². The van der Waals surface area contributed by atoms with Crippen LogP contribution in [0.2, 0.25) is 0 Å². The number of aliphatic hydroxyl groups excluding tert-OH is 1. The Balaban J connectivity index is 1.29. The minimum Gasteiger partial charge on any atom is -0.464 e. The number of carbonyl (C=O) groups excluding carboxylic acids is 1. The van der Waals surface area contributed by atoms with Crippen molar-refractivity contribution in [2.45, 2.75) is 10.8 Å². The highest BCUT2D eigenvalue weighted by Gasteiger charge is 2.39. The monoisotopic (exact) mass is 438 g/mol. The largest absolute Gasteiger partial charge is 0.464 e. The molecule has 1 aromatic heterocycles. The Morgan fingerprint density at radius 1 is 1.00 bits per heavy atom. The van der Waals surface area contributed by atoms with Crippen molar-refractivity contribution in [1.29, 1.82) is 0 Å². The van der Waals surface area contributed by atoms with E-state index in [4.69, 9.17) is 4.42 Å². The minimum absolute atomic E-state index is 0.136. The number of aliphatic hydroxyl groups is 1. The molecule has 0 fully saturated rings. The van der Waals surface area contributed by atoms with Crippen molar-refractivity contribution in [1.82, 2.24) is 9.21 Å². The lowest BCUT2D eigenvalue weighted by Crippen LogP contribution is -2.39. The number of rotatable bonds is 5. The molecule has 2 aliphatic heterocycles. The Morgan fingerprint density at radius 3 is 2.39 bits per heavy atom. The SMILES string of the molecule is O=C([C@H](CO)c1ccccc1)N1CC2=C(C1)CN(S(=O)(=O)c1ccc3occc3c1)C2. The number of amides is 1. The van der Waals surface area contributed by atoms with Crippen LogP contribution in [0.4, 0.5) is 0 Å². The molecule has 7 nitrogen and oxygen atoms in total. The Labute approximate surface area is 180 Å². The van der Waals surface area contributed by atoms with Crippen molar-refractivity contribution < 1.29 is 22.7 Å². The van der Waals surface area contributed by atoms with E-state index in [0.29, 0.717) is 18.7 Å². The maximum absolute atomic E-state index is 13.1. The minimum atomic E-state index is -3.65. The molecule has 0 bridgehead atoms. The van der Waals surface area contributed by atoms with Gasteiger partial charge in [-0.2, -0.15) is 4.31 Å². The van der Waals surface area contributed by atoms with E-state index in [2.05, 4.69) is 0 Å². The van der Waals surface area contributed by atoms with Crippen molar-refractivity contribution in [3.63, 3.8) is 0 Å². The fourth-order valence-electron chi connectivity index (χ4n) is 4.36. The van der Waals surface area contributed by atoms with Crippen LogP contribution in [0.5, 0.6) is 0 Å². The number of sulfonamides is 1. The summed E-state index contributed by atoms with van der Waals surface area (Å²) < 4.78 is 33.0. The van der Waals surface area contributed by atoms with Gasteiger partial charge in [0.2, 0.25) is 15.9 Å². The van der Waals surface area contributed by atoms with Crippen LogP contribution in [0, 0.1) is 0 Å². The van der Waals surface area contributed by atoms with Crippen LogP contribution in [0.15, 0.2) is 81.3 Å². The summed E-state index contributed by atoms with van der Waals surface area (Å²) in [7, 11) is -3.65. The number of fused-ring (bicyclic) bond motifs is 1. The Bertz CT molecular complexity index is 1260. The summed E-state index contributed by atoms with van der Waals surface area (Å²) in [5.74, 6) is -0.745. The molecule has 160 valence electrons. The first-order chi connectivity index (χ1) is 15.0. The molecule has 1 atom stereocenters. The number of furan rings is 1. The molecule has 1 amide bonds. The number of carbonyl (C=O) groups is 1. The van der Waals surface area contributed by atoms with Gasteiger partial charge in [0.25, 0.3) is 0 Å². The molecule has 2 aromatic carbocycles. The van der Waals surface area contributed by atoms with Crippen molar-refractivity contribution in [2.75, 3.05) is 32.8 Å². The van der Waals surface area contributed by atoms with Gasteiger partial charge in [0.15, 0.2) is 0 Å². The van der Waals surface area contributed by atoms with Gasteiger partial charge in [0.05, 0.1) is 23.7 Å². The highest BCUT2D eigenvalue weighted by atomic mass is 32.2. The molecular formula is C23H22N2O5S. The third kappa shape index (κ3) is 3.46. The van der Waals surface area contributed by atoms with E-state index >= 15 is 0 Å². The second kappa shape index (κ2) is 7.64. The molecule has 3 aromatic rings. The second-order valence-electron chi connectivity index (χ2n) is 7.94. The van der Waals surface area contributed by atoms with Crippen LogP contribution in [0.1, 0.15) is 11.5 Å². The van der Waals surface area contributed by atoms with Crippen LogP contribution in [0.3, 0.4) is 0 Å². The fraction of sp³-hybridized carbons (Fsp3) is 0.261. The summed E-state index contributed by atoms with van der Waals surface area (Å²) in [6, 6.07) is 15.8. The number of benzene rings is 2. The van der Waals surface area contributed by atoms with Gasteiger partial charge in [-0.1, -0.05) is 30.3 Å². The van der Waals surface area contributed by atoms with E-state index in [1.165, 1.54) is 10.6 Å². The number of hydrogen-bond acceptors (Lipinski definition) is 5. The van der Waals surface area contributed by atoms with E-state index in [0.717, 1.165) is 22.1 Å². The molecule has 3 heterocycles. The first-order valence-electron chi connectivity index (χ1n) is 10.1. The molecule has 31 heavy (non-hydrogen) atoms. The van der Waals surface area contributed by atoms with Crippen LogP contribution in [-0.4, -0.2) is 61.4 Å². The smallest absolute Gasteiger partial charge is 0.243 e. The molecule has 0 saturated heterocycles. The lowest BCUT2D eigenvalue weighted by molar-refractivity contribution is -0.132. The van der Waals surface area contributed by atoms with E-state index in [1.54, 1.807) is 29.2 Å².